The highest BCUT2D eigenvalue weighted by molar-refractivity contribution is 6.08. The molecule has 3 aliphatic heterocycles. The minimum absolute atomic E-state index is 0.00773. The first-order chi connectivity index (χ1) is 42.6. The minimum atomic E-state index is -1.62. The molecule has 8 rings (SSSR count). The first-order valence-electron chi connectivity index (χ1n) is 30.1. The molecule has 4 atom stereocenters. The van der Waals surface area contributed by atoms with Gasteiger partial charge in [-0.15, -0.1) is 0 Å². The van der Waals surface area contributed by atoms with Crippen LogP contribution in [-0.2, 0) is 55.6 Å². The molecule has 21 nitrogen and oxygen atoms in total. The van der Waals surface area contributed by atoms with Gasteiger partial charge >= 0.3 is 11.9 Å². The number of unbranched alkanes of at least 4 members (excludes halogenated alkanes) is 1. The standard InChI is InChI=1S/C68H79N11O10/c1-67(2)54(28-11-6-5-7-12-29-55-68(3,4)61-47-25-16-14-23-45(47)31-33-53(61)79(55)39-35-58(82)83)78(52-32-30-44-22-13-15-24-46(44)60(52)67)38-34-56(80)71-36-18-17-26-49-63(87)75-48(27-19-37-72-66(69)70)62(86)73-42-57(81)74-51(41-59(84)85)65(89)77-50(64(88)76-49)40-43-20-9-8-10-21-43/h5-16,20-25,28-33,48-51H,17-19,26-27,34-42H2,1-4H3,(H11-,69,70,71,72,73,74,75,76,77,80,81,82,83,84,85,86,87,88,89)/p+1/t48-,49-,50-,51-/m0/s1. The van der Waals surface area contributed by atoms with Crippen molar-refractivity contribution in [2.75, 3.05) is 37.6 Å². The third-order valence-corrected chi connectivity index (χ3v) is 16.4. The van der Waals surface area contributed by atoms with Crippen LogP contribution in [0.4, 0.5) is 11.4 Å². The molecule has 12 N–H and O–H groups in total. The highest BCUT2D eigenvalue weighted by atomic mass is 16.4. The Bertz CT molecular complexity index is 3690. The smallest absolute Gasteiger partial charge is 0.309 e. The van der Waals surface area contributed by atoms with E-state index < -0.39 is 89.4 Å². The lowest BCUT2D eigenvalue weighted by Gasteiger charge is -2.27. The molecule has 21 heteroatoms. The number of carbonyl (C=O) groups excluding carboxylic acids is 6. The van der Waals surface area contributed by atoms with E-state index in [9.17, 15) is 48.6 Å². The highest BCUT2D eigenvalue weighted by Crippen LogP contribution is 2.51. The molecule has 1 fully saturated rings. The number of allylic oxidation sites excluding steroid dienone is 8. The second-order valence-corrected chi connectivity index (χ2v) is 23.5. The van der Waals surface area contributed by atoms with Crippen molar-refractivity contribution < 1.29 is 53.1 Å². The maximum absolute atomic E-state index is 14.3. The molecule has 466 valence electrons. The molecule has 1 saturated heterocycles. The quantitative estimate of drug-likeness (QED) is 0.0123. The Morgan fingerprint density at radius 1 is 0.652 bits per heavy atom. The third kappa shape index (κ3) is 16.4. The number of nitrogens with zero attached hydrogens (tertiary/aromatic N) is 3. The van der Waals surface area contributed by atoms with E-state index in [1.807, 2.05) is 54.6 Å². The maximum Gasteiger partial charge on any atom is 0.309 e. The summed E-state index contributed by atoms with van der Waals surface area (Å²) in [6.45, 7) is 9.11. The second-order valence-electron chi connectivity index (χ2n) is 23.5. The fourth-order valence-electron chi connectivity index (χ4n) is 12.1. The Labute approximate surface area is 517 Å². The van der Waals surface area contributed by atoms with Crippen LogP contribution in [0.2, 0.25) is 0 Å². The zero-order chi connectivity index (χ0) is 63.8. The summed E-state index contributed by atoms with van der Waals surface area (Å²) in [4.78, 5) is 112. The number of hydrogen-bond donors (Lipinski definition) is 10. The van der Waals surface area contributed by atoms with Crippen LogP contribution in [0.15, 0.2) is 156 Å². The number of benzene rings is 5. The van der Waals surface area contributed by atoms with E-state index in [1.165, 1.54) is 5.56 Å². The van der Waals surface area contributed by atoms with Crippen LogP contribution in [0.3, 0.4) is 0 Å². The molecule has 0 aliphatic carbocycles. The SMILES string of the molecule is CC1(C)C(=CC=CC=CC=CC2=[N+](CCC(=O)O)c3ccc4ccccc4c3C2(C)C)N(CCC(=O)NCCCC[C@@H]2NC(=O)[C@H](Cc3ccccc3)NC(=O)[C@H](CC(=O)O)NC(=O)CNC(=O)[C@H](CCCN=C(N)N)NC2=O)c2ccc3ccccc3c21. The molecule has 5 aromatic rings. The van der Waals surface area contributed by atoms with Gasteiger partial charge < -0.3 is 58.5 Å². The third-order valence-electron chi connectivity index (χ3n) is 16.4. The van der Waals surface area contributed by atoms with Crippen molar-refractivity contribution >= 4 is 92.0 Å². The Hall–Kier alpha value is -9.92. The summed E-state index contributed by atoms with van der Waals surface area (Å²) in [5.74, 6) is -6.76. The minimum Gasteiger partial charge on any atom is -0.481 e. The van der Waals surface area contributed by atoms with Gasteiger partial charge in [-0.2, -0.15) is 4.58 Å². The van der Waals surface area contributed by atoms with Gasteiger partial charge in [-0.25, -0.2) is 0 Å². The van der Waals surface area contributed by atoms with Gasteiger partial charge in [0.05, 0.1) is 18.4 Å². The average Bonchev–Trinajstić information content (AvgIpc) is 1.60. The molecule has 5 aromatic carbocycles. The predicted molar refractivity (Wildman–Crippen MR) is 343 cm³/mol. The van der Waals surface area contributed by atoms with E-state index in [0.717, 1.165) is 49.9 Å². The molecular weight excluding hydrogens is 1130 g/mol. The highest BCUT2D eigenvalue weighted by Gasteiger charge is 2.46. The number of fused-ring (bicyclic) bond motifs is 6. The van der Waals surface area contributed by atoms with Crippen molar-refractivity contribution in [1.29, 1.82) is 0 Å². The second kappa shape index (κ2) is 29.7. The number of guanidine groups is 1. The van der Waals surface area contributed by atoms with Crippen LogP contribution in [0.5, 0.6) is 0 Å². The van der Waals surface area contributed by atoms with Crippen LogP contribution in [0.25, 0.3) is 21.5 Å². The predicted octanol–water partition coefficient (Wildman–Crippen LogP) is 5.71. The van der Waals surface area contributed by atoms with Crippen molar-refractivity contribution in [2.24, 2.45) is 16.5 Å². The summed E-state index contributed by atoms with van der Waals surface area (Å²) >= 11 is 0. The van der Waals surface area contributed by atoms with Crippen molar-refractivity contribution in [3.05, 3.63) is 168 Å². The Kier molecular flexibility index (Phi) is 21.7. The number of carbonyl (C=O) groups is 8. The fraction of sp³-hybridized carbons (Fsp3) is 0.353. The van der Waals surface area contributed by atoms with Gasteiger partial charge in [-0.3, -0.25) is 43.3 Å². The summed E-state index contributed by atoms with van der Waals surface area (Å²) in [7, 11) is 0. The lowest BCUT2D eigenvalue weighted by Crippen LogP contribution is -2.58. The molecule has 0 spiro atoms. The van der Waals surface area contributed by atoms with Gasteiger partial charge in [0.25, 0.3) is 0 Å². The maximum atomic E-state index is 14.3. The van der Waals surface area contributed by atoms with Crippen LogP contribution < -0.4 is 48.3 Å². The topological polar surface area (TPSA) is 320 Å². The first-order valence-corrected chi connectivity index (χ1v) is 30.1. The lowest BCUT2D eigenvalue weighted by atomic mass is 9.79. The molecule has 6 amide bonds. The van der Waals surface area contributed by atoms with E-state index in [-0.39, 0.29) is 63.5 Å². The van der Waals surface area contributed by atoms with Gasteiger partial charge in [0.2, 0.25) is 41.1 Å². The molecule has 3 aliphatic rings. The number of nitrogens with one attached hydrogen (secondary N) is 6. The number of anilines is 1. The summed E-state index contributed by atoms with van der Waals surface area (Å²) in [5.41, 5.74) is 17.1. The van der Waals surface area contributed by atoms with Crippen molar-refractivity contribution in [3.63, 3.8) is 0 Å². The number of hydrogen-bond acceptors (Lipinski definition) is 10. The molecule has 0 saturated carbocycles. The summed E-state index contributed by atoms with van der Waals surface area (Å²) in [6.07, 6.45) is 14.2. The van der Waals surface area contributed by atoms with Gasteiger partial charge in [0, 0.05) is 67.0 Å². The Balaban J connectivity index is 0.952. The normalized spacial score (nSPS) is 20.0. The number of nitrogens with two attached hydrogens (primary N) is 2. The first kappa shape index (κ1) is 65.1. The number of carboxylic acid groups (broad SMARTS) is 2. The number of amides is 6. The van der Waals surface area contributed by atoms with Crippen LogP contribution in [0, 0.1) is 0 Å². The van der Waals surface area contributed by atoms with Gasteiger partial charge in [0.1, 0.15) is 30.6 Å². The molecule has 0 unspecified atom stereocenters. The molecule has 0 radical (unpaired) electrons. The summed E-state index contributed by atoms with van der Waals surface area (Å²) < 4.78 is 2.12. The molecule has 0 aromatic heterocycles. The molecule has 3 heterocycles. The fourth-order valence-corrected chi connectivity index (χ4v) is 12.1. The molecular formula is C68H80N11O10+. The van der Waals surface area contributed by atoms with E-state index in [4.69, 9.17) is 11.5 Å². The molecule has 89 heavy (non-hydrogen) atoms. The van der Waals surface area contributed by atoms with Gasteiger partial charge in [-0.1, -0.05) is 129 Å². The van der Waals surface area contributed by atoms with Crippen molar-refractivity contribution in [3.8, 4) is 0 Å². The Morgan fingerprint density at radius 3 is 1.96 bits per heavy atom. The Morgan fingerprint density at radius 2 is 1.26 bits per heavy atom. The number of carboxylic acids is 2. The molecule has 0 bridgehead atoms. The van der Waals surface area contributed by atoms with E-state index in [2.05, 4.69) is 135 Å². The van der Waals surface area contributed by atoms with Crippen LogP contribution in [-0.4, -0.2) is 131 Å². The summed E-state index contributed by atoms with van der Waals surface area (Å²) in [6, 6.07) is 28.2. The number of rotatable bonds is 23. The van der Waals surface area contributed by atoms with Crippen LogP contribution in [0.1, 0.15) is 95.8 Å². The largest absolute Gasteiger partial charge is 0.481 e. The van der Waals surface area contributed by atoms with Gasteiger partial charge in [-0.05, 0) is 96.8 Å². The average molecular weight is 1210 g/mol. The van der Waals surface area contributed by atoms with Crippen LogP contribution >= 0.6 is 0 Å². The van der Waals surface area contributed by atoms with E-state index >= 15 is 0 Å². The van der Waals surface area contributed by atoms with Gasteiger partial charge in [0.15, 0.2) is 18.2 Å². The summed E-state index contributed by atoms with van der Waals surface area (Å²) in [5, 5.41) is 39.7. The number of aliphatic carboxylic acids is 2. The lowest BCUT2D eigenvalue weighted by molar-refractivity contribution is -0.436. The monoisotopic (exact) mass is 1210 g/mol. The number of aliphatic imine (C=N–C) groups is 1. The zero-order valence-electron chi connectivity index (χ0n) is 50.7. The van der Waals surface area contributed by atoms with E-state index in [0.29, 0.717) is 31.5 Å². The zero-order valence-corrected chi connectivity index (χ0v) is 50.7. The van der Waals surface area contributed by atoms with Crippen molar-refractivity contribution in [2.45, 2.75) is 120 Å². The van der Waals surface area contributed by atoms with Crippen molar-refractivity contribution in [1.82, 2.24) is 31.9 Å². The van der Waals surface area contributed by atoms with E-state index in [1.54, 1.807) is 30.3 Å².